The fourth-order valence-electron chi connectivity index (χ4n) is 2.69. The minimum atomic E-state index is 0.149. The van der Waals surface area contributed by atoms with E-state index in [9.17, 15) is 4.79 Å². The highest BCUT2D eigenvalue weighted by molar-refractivity contribution is 5.76. The topological polar surface area (TPSA) is 49.3 Å². The summed E-state index contributed by atoms with van der Waals surface area (Å²) in [5.74, 6) is 0.591. The lowest BCUT2D eigenvalue weighted by molar-refractivity contribution is -0.122. The van der Waals surface area contributed by atoms with E-state index >= 15 is 0 Å². The standard InChI is InChI=1S/C16H23NO2/c18-12-14-6-9-15(10-7-14)17-16(19)11-8-13-4-2-1-3-5-13/h1-5,14-15,18H,6-12H2,(H,17,19). The molecule has 2 N–H and O–H groups in total. The molecule has 1 aromatic carbocycles. The molecule has 1 aromatic rings. The predicted octanol–water partition coefficient (Wildman–Crippen LogP) is 2.29. The molecule has 0 atom stereocenters. The van der Waals surface area contributed by atoms with E-state index in [2.05, 4.69) is 17.4 Å². The number of rotatable bonds is 5. The van der Waals surface area contributed by atoms with Gasteiger partial charge in [-0.2, -0.15) is 0 Å². The molecule has 1 aliphatic rings. The molecule has 1 aliphatic carbocycles. The van der Waals surface area contributed by atoms with Gasteiger partial charge in [0, 0.05) is 19.1 Å². The summed E-state index contributed by atoms with van der Waals surface area (Å²) in [6.07, 6.45) is 5.42. The van der Waals surface area contributed by atoms with Gasteiger partial charge in [-0.25, -0.2) is 0 Å². The molecule has 0 aliphatic heterocycles. The molecule has 0 bridgehead atoms. The van der Waals surface area contributed by atoms with Crippen molar-refractivity contribution in [2.75, 3.05) is 6.61 Å². The maximum absolute atomic E-state index is 11.9. The summed E-state index contributed by atoms with van der Waals surface area (Å²) < 4.78 is 0. The Morgan fingerprint density at radius 1 is 1.16 bits per heavy atom. The van der Waals surface area contributed by atoms with E-state index in [1.54, 1.807) is 0 Å². The van der Waals surface area contributed by atoms with Crippen LogP contribution in [0.2, 0.25) is 0 Å². The zero-order chi connectivity index (χ0) is 13.5. The van der Waals surface area contributed by atoms with Crippen LogP contribution in [0, 0.1) is 5.92 Å². The Hall–Kier alpha value is -1.35. The number of aliphatic hydroxyl groups excluding tert-OH is 1. The summed E-state index contributed by atoms with van der Waals surface area (Å²) in [7, 11) is 0. The molecule has 2 rings (SSSR count). The average molecular weight is 261 g/mol. The SMILES string of the molecule is O=C(CCc1ccccc1)NC1CCC(CO)CC1. The molecule has 1 fully saturated rings. The smallest absolute Gasteiger partial charge is 0.220 e. The first kappa shape index (κ1) is 14.1. The molecule has 3 nitrogen and oxygen atoms in total. The van der Waals surface area contributed by atoms with Crippen molar-refractivity contribution in [3.63, 3.8) is 0 Å². The fraction of sp³-hybridized carbons (Fsp3) is 0.562. The van der Waals surface area contributed by atoms with Gasteiger partial charge in [-0.05, 0) is 43.6 Å². The second-order valence-electron chi connectivity index (χ2n) is 5.45. The second kappa shape index (κ2) is 7.29. The van der Waals surface area contributed by atoms with Crippen molar-refractivity contribution in [2.24, 2.45) is 5.92 Å². The van der Waals surface area contributed by atoms with Crippen molar-refractivity contribution in [2.45, 2.75) is 44.6 Å². The van der Waals surface area contributed by atoms with Crippen molar-refractivity contribution in [1.82, 2.24) is 5.32 Å². The molecule has 1 saturated carbocycles. The Morgan fingerprint density at radius 3 is 2.47 bits per heavy atom. The quantitative estimate of drug-likeness (QED) is 0.854. The lowest BCUT2D eigenvalue weighted by atomic mass is 9.86. The minimum absolute atomic E-state index is 0.149. The predicted molar refractivity (Wildman–Crippen MR) is 75.7 cm³/mol. The van der Waals surface area contributed by atoms with Gasteiger partial charge in [0.15, 0.2) is 0 Å². The monoisotopic (exact) mass is 261 g/mol. The number of carbonyl (C=O) groups is 1. The van der Waals surface area contributed by atoms with Gasteiger partial charge < -0.3 is 10.4 Å². The third-order valence-corrected chi connectivity index (χ3v) is 3.95. The number of benzene rings is 1. The minimum Gasteiger partial charge on any atom is -0.396 e. The lowest BCUT2D eigenvalue weighted by Gasteiger charge is -2.27. The Balaban J connectivity index is 1.67. The third kappa shape index (κ3) is 4.67. The normalized spacial score (nSPS) is 23.0. The first-order valence-corrected chi connectivity index (χ1v) is 7.22. The van der Waals surface area contributed by atoms with Gasteiger partial charge in [0.05, 0.1) is 0 Å². The van der Waals surface area contributed by atoms with Crippen LogP contribution in [0.1, 0.15) is 37.7 Å². The Morgan fingerprint density at radius 2 is 1.84 bits per heavy atom. The summed E-state index contributed by atoms with van der Waals surface area (Å²) in [5, 5.41) is 12.2. The van der Waals surface area contributed by atoms with Crippen molar-refractivity contribution in [3.05, 3.63) is 35.9 Å². The van der Waals surface area contributed by atoms with Gasteiger partial charge in [-0.15, -0.1) is 0 Å². The number of aliphatic hydroxyl groups is 1. The average Bonchev–Trinajstić information content (AvgIpc) is 2.47. The summed E-state index contributed by atoms with van der Waals surface area (Å²) >= 11 is 0. The van der Waals surface area contributed by atoms with Crippen LogP contribution >= 0.6 is 0 Å². The molecule has 0 aromatic heterocycles. The van der Waals surface area contributed by atoms with Crippen LogP contribution < -0.4 is 5.32 Å². The number of hydrogen-bond acceptors (Lipinski definition) is 2. The first-order chi connectivity index (χ1) is 9.28. The van der Waals surface area contributed by atoms with E-state index in [0.717, 1.165) is 32.1 Å². The van der Waals surface area contributed by atoms with Crippen LogP contribution in [0.5, 0.6) is 0 Å². The molecule has 0 heterocycles. The molecule has 0 saturated heterocycles. The molecule has 0 spiro atoms. The van der Waals surface area contributed by atoms with E-state index < -0.39 is 0 Å². The maximum Gasteiger partial charge on any atom is 0.220 e. The number of carbonyl (C=O) groups excluding carboxylic acids is 1. The van der Waals surface area contributed by atoms with Crippen LogP contribution in [0.4, 0.5) is 0 Å². The molecule has 0 unspecified atom stereocenters. The molecular weight excluding hydrogens is 238 g/mol. The highest BCUT2D eigenvalue weighted by Crippen LogP contribution is 2.23. The Kier molecular flexibility index (Phi) is 5.40. The number of hydrogen-bond donors (Lipinski definition) is 2. The van der Waals surface area contributed by atoms with Gasteiger partial charge in [0.1, 0.15) is 0 Å². The first-order valence-electron chi connectivity index (χ1n) is 7.22. The van der Waals surface area contributed by atoms with Crippen molar-refractivity contribution < 1.29 is 9.90 Å². The van der Waals surface area contributed by atoms with E-state index in [1.165, 1.54) is 5.56 Å². The van der Waals surface area contributed by atoms with E-state index in [-0.39, 0.29) is 12.5 Å². The largest absolute Gasteiger partial charge is 0.396 e. The Bertz CT molecular complexity index is 383. The van der Waals surface area contributed by atoms with Crippen molar-refractivity contribution in [1.29, 1.82) is 0 Å². The molecule has 104 valence electrons. The third-order valence-electron chi connectivity index (χ3n) is 3.95. The lowest BCUT2D eigenvalue weighted by Crippen LogP contribution is -2.38. The van der Waals surface area contributed by atoms with Gasteiger partial charge in [0.2, 0.25) is 5.91 Å². The Labute approximate surface area is 115 Å². The van der Waals surface area contributed by atoms with E-state index in [4.69, 9.17) is 5.11 Å². The van der Waals surface area contributed by atoms with E-state index in [1.807, 2.05) is 18.2 Å². The van der Waals surface area contributed by atoms with Gasteiger partial charge in [-0.3, -0.25) is 4.79 Å². The van der Waals surface area contributed by atoms with Crippen LogP contribution in [0.3, 0.4) is 0 Å². The van der Waals surface area contributed by atoms with Crippen molar-refractivity contribution >= 4 is 5.91 Å². The molecular formula is C16H23NO2. The fourth-order valence-corrected chi connectivity index (χ4v) is 2.69. The van der Waals surface area contributed by atoms with Crippen LogP contribution in [-0.2, 0) is 11.2 Å². The van der Waals surface area contributed by atoms with Gasteiger partial charge in [-0.1, -0.05) is 30.3 Å². The highest BCUT2D eigenvalue weighted by atomic mass is 16.3. The zero-order valence-corrected chi connectivity index (χ0v) is 11.3. The second-order valence-corrected chi connectivity index (χ2v) is 5.45. The van der Waals surface area contributed by atoms with Gasteiger partial charge >= 0.3 is 0 Å². The number of aryl methyl sites for hydroxylation is 1. The summed E-state index contributed by atoms with van der Waals surface area (Å²) in [4.78, 5) is 11.9. The number of amides is 1. The highest BCUT2D eigenvalue weighted by Gasteiger charge is 2.21. The van der Waals surface area contributed by atoms with Crippen LogP contribution in [0.25, 0.3) is 0 Å². The van der Waals surface area contributed by atoms with Gasteiger partial charge in [0.25, 0.3) is 0 Å². The van der Waals surface area contributed by atoms with E-state index in [0.29, 0.717) is 18.4 Å². The maximum atomic E-state index is 11.9. The zero-order valence-electron chi connectivity index (χ0n) is 11.3. The number of nitrogens with one attached hydrogen (secondary N) is 1. The molecule has 3 heteroatoms. The summed E-state index contributed by atoms with van der Waals surface area (Å²) in [5.41, 5.74) is 1.21. The molecule has 1 amide bonds. The van der Waals surface area contributed by atoms with Crippen molar-refractivity contribution in [3.8, 4) is 0 Å². The summed E-state index contributed by atoms with van der Waals surface area (Å²) in [6.45, 7) is 0.286. The van der Waals surface area contributed by atoms with Crippen LogP contribution in [0.15, 0.2) is 30.3 Å². The van der Waals surface area contributed by atoms with Crippen LogP contribution in [-0.4, -0.2) is 23.7 Å². The summed E-state index contributed by atoms with van der Waals surface area (Å²) in [6, 6.07) is 10.4. The molecule has 19 heavy (non-hydrogen) atoms. The molecule has 0 radical (unpaired) electrons.